The number of nitrogens with zero attached hydrogens (tertiary/aromatic N) is 3. The molecule has 5 nitrogen and oxygen atoms in total. The Morgan fingerprint density at radius 3 is 3.15 bits per heavy atom. The molecule has 1 aliphatic rings. The van der Waals surface area contributed by atoms with Gasteiger partial charge < -0.3 is 15.4 Å². The van der Waals surface area contributed by atoms with Crippen LogP contribution >= 0.6 is 0 Å². The Bertz CT molecular complexity index is 601. The summed E-state index contributed by atoms with van der Waals surface area (Å²) in [6.07, 6.45) is 3.98. The van der Waals surface area contributed by atoms with Gasteiger partial charge in [-0.15, -0.1) is 0 Å². The fraction of sp³-hybridized carbons (Fsp3) is 0.467. The van der Waals surface area contributed by atoms with Crippen molar-refractivity contribution >= 4 is 16.7 Å². The third kappa shape index (κ3) is 2.82. The number of nitrogens with two attached hydrogens (primary N) is 1. The Balaban J connectivity index is 1.68. The fourth-order valence-corrected chi connectivity index (χ4v) is 2.77. The second-order valence-corrected chi connectivity index (χ2v) is 5.52. The van der Waals surface area contributed by atoms with Gasteiger partial charge in [0.05, 0.1) is 12.1 Å². The van der Waals surface area contributed by atoms with Crippen molar-refractivity contribution in [3.63, 3.8) is 0 Å². The first-order valence-corrected chi connectivity index (χ1v) is 7.04. The largest absolute Gasteiger partial charge is 0.493 e. The standard InChI is InChI=1S/C15H20N4O/c1-19-6-2-3-11(8-19)9-20-12-4-5-13-14(7-12)17-10-18-15(13)16/h4-5,7,10-11H,2-3,6,8-9H2,1H3,(H2,16,17,18). The van der Waals surface area contributed by atoms with Gasteiger partial charge >= 0.3 is 0 Å². The Morgan fingerprint density at radius 2 is 2.30 bits per heavy atom. The summed E-state index contributed by atoms with van der Waals surface area (Å²) in [4.78, 5) is 10.6. The van der Waals surface area contributed by atoms with Gasteiger partial charge in [0, 0.05) is 23.9 Å². The summed E-state index contributed by atoms with van der Waals surface area (Å²) in [5.74, 6) is 1.97. The molecule has 1 aromatic heterocycles. The molecule has 1 atom stereocenters. The van der Waals surface area contributed by atoms with Crippen molar-refractivity contribution in [3.8, 4) is 5.75 Å². The zero-order valence-electron chi connectivity index (χ0n) is 11.7. The van der Waals surface area contributed by atoms with Crippen molar-refractivity contribution in [3.05, 3.63) is 24.5 Å². The van der Waals surface area contributed by atoms with Crippen LogP contribution in [-0.2, 0) is 0 Å². The molecule has 20 heavy (non-hydrogen) atoms. The molecular weight excluding hydrogens is 252 g/mol. The Hall–Kier alpha value is -1.88. The SMILES string of the molecule is CN1CCCC(COc2ccc3c(N)ncnc3c2)C1. The van der Waals surface area contributed by atoms with Crippen molar-refractivity contribution in [2.75, 3.05) is 32.5 Å². The van der Waals surface area contributed by atoms with Gasteiger partial charge in [0.1, 0.15) is 17.9 Å². The van der Waals surface area contributed by atoms with Gasteiger partial charge in [-0.05, 0) is 38.6 Å². The van der Waals surface area contributed by atoms with Crippen LogP contribution < -0.4 is 10.5 Å². The van der Waals surface area contributed by atoms with Crippen molar-refractivity contribution in [1.29, 1.82) is 0 Å². The van der Waals surface area contributed by atoms with E-state index in [1.807, 2.05) is 18.2 Å². The van der Waals surface area contributed by atoms with Crippen LogP contribution in [0.5, 0.6) is 5.75 Å². The molecule has 2 aromatic rings. The monoisotopic (exact) mass is 272 g/mol. The predicted molar refractivity (Wildman–Crippen MR) is 79.7 cm³/mol. The molecule has 0 spiro atoms. The highest BCUT2D eigenvalue weighted by molar-refractivity contribution is 5.88. The third-order valence-electron chi connectivity index (χ3n) is 3.85. The maximum Gasteiger partial charge on any atom is 0.134 e. The quantitative estimate of drug-likeness (QED) is 0.925. The van der Waals surface area contributed by atoms with E-state index in [2.05, 4.69) is 21.9 Å². The van der Waals surface area contributed by atoms with Crippen LogP contribution in [0.15, 0.2) is 24.5 Å². The molecule has 1 aliphatic heterocycles. The molecule has 2 N–H and O–H groups in total. The zero-order valence-corrected chi connectivity index (χ0v) is 11.7. The number of fused-ring (bicyclic) bond motifs is 1. The van der Waals surface area contributed by atoms with E-state index in [0.717, 1.165) is 29.8 Å². The minimum Gasteiger partial charge on any atom is -0.493 e. The van der Waals surface area contributed by atoms with Crippen LogP contribution in [0.4, 0.5) is 5.82 Å². The minimum atomic E-state index is 0.510. The van der Waals surface area contributed by atoms with Gasteiger partial charge in [-0.1, -0.05) is 0 Å². The normalized spacial score (nSPS) is 20.1. The van der Waals surface area contributed by atoms with E-state index < -0.39 is 0 Å². The summed E-state index contributed by atoms with van der Waals surface area (Å²) in [6.45, 7) is 3.07. The number of piperidine rings is 1. The summed E-state index contributed by atoms with van der Waals surface area (Å²) in [5, 5.41) is 0.872. The highest BCUT2D eigenvalue weighted by Gasteiger charge is 2.17. The van der Waals surface area contributed by atoms with E-state index in [-0.39, 0.29) is 0 Å². The number of hydrogen-bond donors (Lipinski definition) is 1. The summed E-state index contributed by atoms with van der Waals surface area (Å²) < 4.78 is 5.91. The fourth-order valence-electron chi connectivity index (χ4n) is 2.77. The van der Waals surface area contributed by atoms with Crippen LogP contribution in [0.25, 0.3) is 10.9 Å². The zero-order chi connectivity index (χ0) is 13.9. The van der Waals surface area contributed by atoms with Gasteiger partial charge in [-0.3, -0.25) is 0 Å². The van der Waals surface area contributed by atoms with E-state index in [9.17, 15) is 0 Å². The first-order valence-electron chi connectivity index (χ1n) is 7.04. The Morgan fingerprint density at radius 1 is 1.40 bits per heavy atom. The van der Waals surface area contributed by atoms with E-state index >= 15 is 0 Å². The second-order valence-electron chi connectivity index (χ2n) is 5.52. The molecular formula is C15H20N4O. The molecule has 0 aliphatic carbocycles. The van der Waals surface area contributed by atoms with Crippen LogP contribution in [0, 0.1) is 5.92 Å². The van der Waals surface area contributed by atoms with E-state index in [1.54, 1.807) is 0 Å². The molecule has 5 heteroatoms. The Labute approximate surface area is 118 Å². The average Bonchev–Trinajstić information content (AvgIpc) is 2.45. The topological polar surface area (TPSA) is 64.3 Å². The van der Waals surface area contributed by atoms with Crippen molar-refractivity contribution < 1.29 is 4.74 Å². The van der Waals surface area contributed by atoms with Gasteiger partial charge in [-0.2, -0.15) is 0 Å². The lowest BCUT2D eigenvalue weighted by Crippen LogP contribution is -2.34. The highest BCUT2D eigenvalue weighted by atomic mass is 16.5. The summed E-state index contributed by atoms with van der Waals surface area (Å²) in [7, 11) is 2.17. The minimum absolute atomic E-state index is 0.510. The number of rotatable bonds is 3. The molecule has 0 saturated carbocycles. The first-order chi connectivity index (χ1) is 9.72. The van der Waals surface area contributed by atoms with Crippen LogP contribution in [0.1, 0.15) is 12.8 Å². The number of benzene rings is 1. The summed E-state index contributed by atoms with van der Waals surface area (Å²) in [5.41, 5.74) is 6.64. The number of likely N-dealkylation sites (tertiary alicyclic amines) is 1. The summed E-state index contributed by atoms with van der Waals surface area (Å²) in [6, 6.07) is 5.79. The lowest BCUT2D eigenvalue weighted by Gasteiger charge is -2.29. The summed E-state index contributed by atoms with van der Waals surface area (Å²) >= 11 is 0. The van der Waals surface area contributed by atoms with Crippen molar-refractivity contribution in [2.45, 2.75) is 12.8 Å². The molecule has 1 fully saturated rings. The maximum absolute atomic E-state index is 5.91. The first kappa shape index (κ1) is 13.1. The predicted octanol–water partition coefficient (Wildman–Crippen LogP) is 1.93. The molecule has 3 rings (SSSR count). The molecule has 1 unspecified atom stereocenters. The molecule has 2 heterocycles. The second kappa shape index (κ2) is 5.63. The van der Waals surface area contributed by atoms with Crippen LogP contribution in [0.3, 0.4) is 0 Å². The molecule has 0 radical (unpaired) electrons. The van der Waals surface area contributed by atoms with E-state index in [0.29, 0.717) is 11.7 Å². The lowest BCUT2D eigenvalue weighted by atomic mass is 10.00. The number of anilines is 1. The van der Waals surface area contributed by atoms with Crippen molar-refractivity contribution in [1.82, 2.24) is 14.9 Å². The van der Waals surface area contributed by atoms with Gasteiger partial charge in [0.25, 0.3) is 0 Å². The Kier molecular flexibility index (Phi) is 3.69. The number of ether oxygens (including phenoxy) is 1. The van der Waals surface area contributed by atoms with Gasteiger partial charge in [0.2, 0.25) is 0 Å². The molecule has 1 aromatic carbocycles. The van der Waals surface area contributed by atoms with Crippen molar-refractivity contribution in [2.24, 2.45) is 5.92 Å². The van der Waals surface area contributed by atoms with E-state index in [4.69, 9.17) is 10.5 Å². The highest BCUT2D eigenvalue weighted by Crippen LogP contribution is 2.23. The maximum atomic E-state index is 5.91. The smallest absolute Gasteiger partial charge is 0.134 e. The number of nitrogen functional groups attached to an aromatic ring is 1. The van der Waals surface area contributed by atoms with Gasteiger partial charge in [0.15, 0.2) is 0 Å². The van der Waals surface area contributed by atoms with Gasteiger partial charge in [-0.25, -0.2) is 9.97 Å². The van der Waals surface area contributed by atoms with E-state index in [1.165, 1.54) is 25.7 Å². The molecule has 1 saturated heterocycles. The molecule has 0 amide bonds. The van der Waals surface area contributed by atoms with Crippen LogP contribution in [0.2, 0.25) is 0 Å². The number of hydrogen-bond acceptors (Lipinski definition) is 5. The average molecular weight is 272 g/mol. The lowest BCUT2D eigenvalue weighted by molar-refractivity contribution is 0.150. The van der Waals surface area contributed by atoms with Crippen LogP contribution in [-0.4, -0.2) is 41.6 Å². The molecule has 0 bridgehead atoms. The molecule has 106 valence electrons. The third-order valence-corrected chi connectivity index (χ3v) is 3.85. The number of aromatic nitrogens is 2.